The molecule has 0 aliphatic rings. The summed E-state index contributed by atoms with van der Waals surface area (Å²) in [7, 11) is 1.85. The lowest BCUT2D eigenvalue weighted by Crippen LogP contribution is -2.32. The molecule has 3 rings (SSSR count). The van der Waals surface area contributed by atoms with E-state index in [1.807, 2.05) is 72.4 Å². The molecule has 124 valence electrons. The largest absolute Gasteiger partial charge is 0.484 e. The van der Waals surface area contributed by atoms with Crippen molar-refractivity contribution in [1.82, 2.24) is 9.88 Å². The standard InChI is InChI=1S/C19H20N2O3/c1-21-10-4-7-17(21)18(22)12-20-19(23)13-24-16-9-8-14-5-2-3-6-15(14)11-16/h2-11,18,22H,12-13H2,1H3,(H,20,23). The molecule has 1 amide bonds. The minimum Gasteiger partial charge on any atom is -0.484 e. The monoisotopic (exact) mass is 324 g/mol. The third-order valence-electron chi connectivity index (χ3n) is 3.91. The van der Waals surface area contributed by atoms with Crippen LogP contribution in [0.3, 0.4) is 0 Å². The number of benzene rings is 2. The number of aliphatic hydroxyl groups excluding tert-OH is 1. The van der Waals surface area contributed by atoms with Gasteiger partial charge in [-0.15, -0.1) is 0 Å². The van der Waals surface area contributed by atoms with Crippen LogP contribution < -0.4 is 10.1 Å². The quantitative estimate of drug-likeness (QED) is 0.732. The van der Waals surface area contributed by atoms with Crippen molar-refractivity contribution in [2.45, 2.75) is 6.10 Å². The lowest BCUT2D eigenvalue weighted by atomic mass is 10.1. The fraction of sp³-hybridized carbons (Fsp3) is 0.211. The Kier molecular flexibility index (Phi) is 4.82. The van der Waals surface area contributed by atoms with E-state index < -0.39 is 6.10 Å². The highest BCUT2D eigenvalue weighted by molar-refractivity contribution is 5.84. The Morgan fingerprint density at radius 3 is 2.71 bits per heavy atom. The Labute approximate surface area is 140 Å². The highest BCUT2D eigenvalue weighted by atomic mass is 16.5. The SMILES string of the molecule is Cn1cccc1C(O)CNC(=O)COc1ccc2ccccc2c1. The molecule has 0 bridgehead atoms. The van der Waals surface area contributed by atoms with E-state index >= 15 is 0 Å². The zero-order chi connectivity index (χ0) is 16.9. The molecule has 0 radical (unpaired) electrons. The summed E-state index contributed by atoms with van der Waals surface area (Å²) in [5.74, 6) is 0.378. The number of amides is 1. The van der Waals surface area contributed by atoms with Crippen molar-refractivity contribution < 1.29 is 14.6 Å². The highest BCUT2D eigenvalue weighted by Crippen LogP contribution is 2.20. The highest BCUT2D eigenvalue weighted by Gasteiger charge is 2.12. The first-order valence-corrected chi connectivity index (χ1v) is 7.81. The topological polar surface area (TPSA) is 63.5 Å². The van der Waals surface area contributed by atoms with Crippen LogP contribution in [0.4, 0.5) is 0 Å². The van der Waals surface area contributed by atoms with E-state index in [0.29, 0.717) is 5.75 Å². The molecule has 0 aliphatic heterocycles. The van der Waals surface area contributed by atoms with E-state index in [2.05, 4.69) is 5.32 Å². The van der Waals surface area contributed by atoms with Crippen LogP contribution in [0, 0.1) is 0 Å². The number of carbonyl (C=O) groups excluding carboxylic acids is 1. The van der Waals surface area contributed by atoms with E-state index in [1.54, 1.807) is 0 Å². The van der Waals surface area contributed by atoms with Gasteiger partial charge in [0.05, 0.1) is 0 Å². The number of aliphatic hydroxyl groups is 1. The minimum atomic E-state index is -0.741. The van der Waals surface area contributed by atoms with Crippen molar-refractivity contribution in [3.05, 3.63) is 66.5 Å². The van der Waals surface area contributed by atoms with Gasteiger partial charge in [-0.1, -0.05) is 30.3 Å². The first-order valence-electron chi connectivity index (χ1n) is 7.81. The molecular formula is C19H20N2O3. The van der Waals surface area contributed by atoms with E-state index in [-0.39, 0.29) is 19.1 Å². The molecular weight excluding hydrogens is 304 g/mol. The van der Waals surface area contributed by atoms with Gasteiger partial charge in [0, 0.05) is 25.5 Å². The van der Waals surface area contributed by atoms with Gasteiger partial charge in [-0.2, -0.15) is 0 Å². The molecule has 0 aliphatic carbocycles. The number of nitrogens with one attached hydrogen (secondary N) is 1. The molecule has 1 atom stereocenters. The summed E-state index contributed by atoms with van der Waals surface area (Å²) in [6.45, 7) is 0.0654. The van der Waals surface area contributed by atoms with Gasteiger partial charge in [-0.05, 0) is 35.0 Å². The summed E-state index contributed by atoms with van der Waals surface area (Å²) < 4.78 is 7.35. The Morgan fingerprint density at radius 2 is 1.96 bits per heavy atom. The summed E-state index contributed by atoms with van der Waals surface area (Å²) in [5.41, 5.74) is 0.755. The van der Waals surface area contributed by atoms with Crippen LogP contribution >= 0.6 is 0 Å². The summed E-state index contributed by atoms with van der Waals surface area (Å²) in [5, 5.41) is 14.9. The number of nitrogens with zero attached hydrogens (tertiary/aromatic N) is 1. The molecule has 5 nitrogen and oxygen atoms in total. The molecule has 0 saturated heterocycles. The second-order valence-electron chi connectivity index (χ2n) is 5.66. The van der Waals surface area contributed by atoms with Crippen molar-refractivity contribution in [1.29, 1.82) is 0 Å². The predicted octanol–water partition coefficient (Wildman–Crippen LogP) is 2.41. The van der Waals surface area contributed by atoms with E-state index in [9.17, 15) is 9.90 Å². The number of hydrogen-bond donors (Lipinski definition) is 2. The van der Waals surface area contributed by atoms with Crippen molar-refractivity contribution in [3.63, 3.8) is 0 Å². The lowest BCUT2D eigenvalue weighted by molar-refractivity contribution is -0.123. The van der Waals surface area contributed by atoms with E-state index in [4.69, 9.17) is 4.74 Å². The number of aryl methyl sites for hydroxylation is 1. The molecule has 0 saturated carbocycles. The van der Waals surface area contributed by atoms with E-state index in [1.165, 1.54) is 0 Å². The maximum Gasteiger partial charge on any atom is 0.258 e. The fourth-order valence-corrected chi connectivity index (χ4v) is 2.59. The Balaban J connectivity index is 1.50. The third-order valence-corrected chi connectivity index (χ3v) is 3.91. The zero-order valence-corrected chi connectivity index (χ0v) is 13.5. The number of rotatable bonds is 6. The normalized spacial score (nSPS) is 12.1. The number of carbonyl (C=O) groups is 1. The van der Waals surface area contributed by atoms with Gasteiger partial charge in [0.25, 0.3) is 5.91 Å². The number of ether oxygens (including phenoxy) is 1. The van der Waals surface area contributed by atoms with Crippen molar-refractivity contribution in [3.8, 4) is 5.75 Å². The van der Waals surface area contributed by atoms with Crippen LogP contribution in [0.15, 0.2) is 60.8 Å². The first-order chi connectivity index (χ1) is 11.6. The predicted molar refractivity (Wildman–Crippen MR) is 92.8 cm³/mol. The molecule has 1 heterocycles. The number of aromatic nitrogens is 1. The molecule has 1 unspecified atom stereocenters. The second-order valence-corrected chi connectivity index (χ2v) is 5.66. The smallest absolute Gasteiger partial charge is 0.258 e. The first kappa shape index (κ1) is 16.1. The van der Waals surface area contributed by atoms with Gasteiger partial charge in [0.15, 0.2) is 6.61 Å². The minimum absolute atomic E-state index is 0.0851. The molecule has 0 spiro atoms. The maximum absolute atomic E-state index is 11.9. The van der Waals surface area contributed by atoms with Crippen LogP contribution in [-0.4, -0.2) is 28.7 Å². The summed E-state index contributed by atoms with van der Waals surface area (Å²) in [4.78, 5) is 11.9. The number of fused-ring (bicyclic) bond motifs is 1. The van der Waals surface area contributed by atoms with Crippen molar-refractivity contribution in [2.75, 3.05) is 13.2 Å². The zero-order valence-electron chi connectivity index (χ0n) is 13.5. The van der Waals surface area contributed by atoms with Crippen LogP contribution in [0.1, 0.15) is 11.8 Å². The van der Waals surface area contributed by atoms with Gasteiger partial charge in [0.2, 0.25) is 0 Å². The molecule has 3 aromatic rings. The molecule has 24 heavy (non-hydrogen) atoms. The van der Waals surface area contributed by atoms with E-state index in [0.717, 1.165) is 16.5 Å². The Hall–Kier alpha value is -2.79. The van der Waals surface area contributed by atoms with Crippen LogP contribution in [-0.2, 0) is 11.8 Å². The maximum atomic E-state index is 11.9. The molecule has 2 aromatic carbocycles. The number of hydrogen-bond acceptors (Lipinski definition) is 3. The molecule has 2 N–H and O–H groups in total. The van der Waals surface area contributed by atoms with Gasteiger partial charge in [-0.3, -0.25) is 4.79 Å². The average Bonchev–Trinajstić information content (AvgIpc) is 3.03. The molecule has 0 fully saturated rings. The fourth-order valence-electron chi connectivity index (χ4n) is 2.59. The average molecular weight is 324 g/mol. The molecule has 1 aromatic heterocycles. The van der Waals surface area contributed by atoms with Crippen molar-refractivity contribution in [2.24, 2.45) is 7.05 Å². The van der Waals surface area contributed by atoms with Crippen LogP contribution in [0.25, 0.3) is 10.8 Å². The Morgan fingerprint density at radius 1 is 1.17 bits per heavy atom. The Bertz CT molecular complexity index is 841. The van der Waals surface area contributed by atoms with Crippen LogP contribution in [0.2, 0.25) is 0 Å². The van der Waals surface area contributed by atoms with Crippen molar-refractivity contribution >= 4 is 16.7 Å². The second kappa shape index (κ2) is 7.19. The van der Waals surface area contributed by atoms with Gasteiger partial charge >= 0.3 is 0 Å². The van der Waals surface area contributed by atoms with Gasteiger partial charge in [0.1, 0.15) is 11.9 Å². The van der Waals surface area contributed by atoms with Gasteiger partial charge < -0.3 is 19.7 Å². The summed E-state index contributed by atoms with van der Waals surface area (Å²) in [6.07, 6.45) is 1.11. The molecule has 5 heteroatoms. The third kappa shape index (κ3) is 3.75. The summed E-state index contributed by atoms with van der Waals surface area (Å²) >= 11 is 0. The van der Waals surface area contributed by atoms with Gasteiger partial charge in [-0.25, -0.2) is 0 Å². The summed E-state index contributed by atoms with van der Waals surface area (Å²) in [6, 6.07) is 17.3. The lowest BCUT2D eigenvalue weighted by Gasteiger charge is -2.13. The van der Waals surface area contributed by atoms with Crippen LogP contribution in [0.5, 0.6) is 5.75 Å².